The van der Waals surface area contributed by atoms with E-state index in [1.807, 2.05) is 14.1 Å². The van der Waals surface area contributed by atoms with Gasteiger partial charge in [-0.1, -0.05) is 69.6 Å². The van der Waals surface area contributed by atoms with Gasteiger partial charge in [0.05, 0.1) is 53.4 Å². The van der Waals surface area contributed by atoms with Gasteiger partial charge >= 0.3 is 41.3 Å². The van der Waals surface area contributed by atoms with Crippen LogP contribution in [0.3, 0.4) is 0 Å². The van der Waals surface area contributed by atoms with Crippen molar-refractivity contribution in [3.63, 3.8) is 0 Å². The molecule has 9 amide bonds. The fourth-order valence-electron chi connectivity index (χ4n) is 12.7. The van der Waals surface area contributed by atoms with Crippen LogP contribution in [0.2, 0.25) is 20.1 Å². The quantitative estimate of drug-likeness (QED) is 0.0589. The van der Waals surface area contributed by atoms with Gasteiger partial charge in [-0.25, -0.2) is 92.7 Å². The SMILES string of the molecule is CC#N.CC(Cl)OC(=O)Cl.CC(Cl)OC(=O)[N+]1(C)CCN(C(=O)OC2c3nccnc3C(=O)N2c2ccc(Cl)cn2)CC1.CN1CCN(C(=O)OC2c3nccnc3C(=O)N2c2ccc(Cl)cn2)CC1.CN1CCN(C(=O)O[C@H]2c3nccnc3C(=O)N2c2ccc(Cl)cn2)CC1.CO.COC(=O)Cl.O=C(O[C@H]1c2nccnc2C(=O)N1c1ccc(Cl)cn1)N1CCNCC1.[Cl-]. The molecule has 0 aliphatic carbocycles. The number of fused-ring (bicyclic) bond motifs is 4. The van der Waals surface area contributed by atoms with Crippen LogP contribution in [-0.4, -0.2) is 315 Å². The van der Waals surface area contributed by atoms with Crippen LogP contribution < -0.4 is 37.3 Å². The molecular formula is C78H84Cl9N25O19. The summed E-state index contributed by atoms with van der Waals surface area (Å²) in [4.78, 5) is 199. The van der Waals surface area contributed by atoms with Gasteiger partial charge in [-0.05, 0) is 76.5 Å². The highest BCUT2D eigenvalue weighted by molar-refractivity contribution is 6.61. The standard InChI is InChI=1S/C20H21Cl2N6O5.2C17H17ClN6O3.C16H15ClN6O3.C3H4Cl2O2.C2H3ClO2.C2H3N.CH4O.ClH/c1-12(21)32-20(31)28(2)9-7-26(8-10-28)19(30)33-18-16-15(23-5-6-24-16)17(29)27(18)14-4-3-13(22)11-25-14;2*1-22-6-8-23(9-7-22)17(26)27-16-14-13(19-4-5-20-14)15(25)24(16)12-3-2-11(18)10-21-12;17-10-1-2-11(21-9-10)23-14(24)12-13(20-4-3-19-12)15(23)26-16(25)22-7-5-18-6-8-22;1-2(4)7-3(5)6;1-5-2(3)4;1-2-3;1-2;/h3-6,11-12,18H,7-10H2,1-2H3;2*2-5,10,16H,6-9H2,1H3;1-4,9,15,18H,5-8H2;2H,1H3;1H3;1H3;2H,1H3;1H/q+1;;;;;;;;/p-1/t;16-;;15-;;;;;/m.0.0...../s1. The number of hydrogen-bond acceptors (Lipinski definition) is 35. The fourth-order valence-corrected chi connectivity index (χ4v) is 13.5. The van der Waals surface area contributed by atoms with E-state index >= 15 is 0 Å². The fraction of sp³-hybridized carbons (Fsp3) is 0.385. The van der Waals surface area contributed by atoms with E-state index in [9.17, 15) is 52.7 Å². The number of amides is 9. The maximum Gasteiger partial charge on any atom is 0.517 e. The van der Waals surface area contributed by atoms with Crippen LogP contribution in [0.4, 0.5) is 56.8 Å². The van der Waals surface area contributed by atoms with Gasteiger partial charge < -0.3 is 80.5 Å². The highest BCUT2D eigenvalue weighted by Crippen LogP contribution is 2.41. The van der Waals surface area contributed by atoms with Crippen molar-refractivity contribution in [1.29, 1.82) is 5.26 Å². The van der Waals surface area contributed by atoms with Gasteiger partial charge in [0.1, 0.15) is 59.1 Å². The Morgan fingerprint density at radius 1 is 0.427 bits per heavy atom. The summed E-state index contributed by atoms with van der Waals surface area (Å²) in [5.74, 6) is -0.623. The average Bonchev–Trinajstić information content (AvgIpc) is 1.63. The van der Waals surface area contributed by atoms with Crippen molar-refractivity contribution < 1.29 is 108 Å². The molecule has 2 N–H and O–H groups in total. The van der Waals surface area contributed by atoms with Crippen LogP contribution in [0.15, 0.2) is 123 Å². The van der Waals surface area contributed by atoms with Crippen LogP contribution in [-0.2, 0) is 33.2 Å². The number of aliphatic hydroxyl groups excluding tert-OH is 1. The van der Waals surface area contributed by atoms with Crippen LogP contribution in [0.1, 0.15) is 110 Å². The van der Waals surface area contributed by atoms with Gasteiger partial charge in [0, 0.05) is 190 Å². The molecular weight excluding hydrogens is 1910 g/mol. The van der Waals surface area contributed by atoms with E-state index in [1.165, 1.54) is 120 Å². The number of nitriles is 1. The van der Waals surface area contributed by atoms with Crippen molar-refractivity contribution in [3.05, 3.63) is 189 Å². The lowest BCUT2D eigenvalue weighted by atomic mass is 10.3. The number of nitrogens with one attached hydrogen (secondary N) is 1. The molecule has 0 spiro atoms. The first kappa shape index (κ1) is 105. The molecule has 8 aliphatic heterocycles. The van der Waals surface area contributed by atoms with E-state index < -0.39 is 101 Å². The first-order valence-corrected chi connectivity index (χ1v) is 42.0. The van der Waals surface area contributed by atoms with Gasteiger partial charge in [-0.3, -0.25) is 44.0 Å². The summed E-state index contributed by atoms with van der Waals surface area (Å²) in [6.07, 6.45) is 10.2. The van der Waals surface area contributed by atoms with Gasteiger partial charge in [-0.15, -0.1) is 0 Å². The number of likely N-dealkylation sites (N-methyl/N-ethyl adjacent to an activating group) is 3. The lowest BCUT2D eigenvalue weighted by Crippen LogP contribution is -3.00. The zero-order valence-corrected chi connectivity index (χ0v) is 77.6. The molecule has 131 heavy (non-hydrogen) atoms. The Morgan fingerprint density at radius 2 is 0.672 bits per heavy atom. The number of piperazine rings is 4. The second-order valence-corrected chi connectivity index (χ2v) is 31.4. The molecule has 0 aromatic carbocycles. The Labute approximate surface area is 794 Å². The molecule has 4 fully saturated rings. The third-order valence-electron chi connectivity index (χ3n) is 19.2. The van der Waals surface area contributed by atoms with Crippen molar-refractivity contribution >= 4 is 181 Å². The number of aromatic nitrogens is 12. The summed E-state index contributed by atoms with van der Waals surface area (Å²) in [6.45, 7) is 13.3. The molecule has 8 aliphatic rings. The number of rotatable bonds is 10. The number of nitrogens with zero attached hydrogens (tertiary/aromatic N) is 24. The molecule has 0 saturated carbocycles. The largest absolute Gasteiger partial charge is 1.00 e. The van der Waals surface area contributed by atoms with Crippen LogP contribution in [0.5, 0.6) is 0 Å². The predicted molar refractivity (Wildman–Crippen MR) is 466 cm³/mol. The van der Waals surface area contributed by atoms with Crippen LogP contribution >= 0.6 is 92.8 Å². The Morgan fingerprint density at radius 3 is 0.893 bits per heavy atom. The monoisotopic (exact) mass is 1990 g/mol. The summed E-state index contributed by atoms with van der Waals surface area (Å²) in [5.41, 5.74) is -1.43. The number of ether oxygens (including phenoxy) is 7. The van der Waals surface area contributed by atoms with Gasteiger partial charge in [0.15, 0.2) is 33.9 Å². The highest BCUT2D eigenvalue weighted by atomic mass is 35.5. The molecule has 16 heterocycles. The van der Waals surface area contributed by atoms with Gasteiger partial charge in [0.25, 0.3) is 23.6 Å². The molecule has 53 heteroatoms. The highest BCUT2D eigenvalue weighted by Gasteiger charge is 2.50. The third kappa shape index (κ3) is 27.7. The number of methoxy groups -OCH3 is 1. The smallest absolute Gasteiger partial charge is 0.517 e. The van der Waals surface area contributed by atoms with Crippen molar-refractivity contribution in [2.24, 2.45) is 0 Å². The normalized spacial score (nSPS) is 18.2. The van der Waals surface area contributed by atoms with Crippen molar-refractivity contribution in [2.75, 3.05) is 160 Å². The maximum atomic E-state index is 13.0. The molecule has 0 radical (unpaired) electrons. The van der Waals surface area contributed by atoms with E-state index in [-0.39, 0.29) is 70.0 Å². The zero-order chi connectivity index (χ0) is 94.6. The lowest BCUT2D eigenvalue weighted by Gasteiger charge is -2.38. The molecule has 0 bridgehead atoms. The van der Waals surface area contributed by atoms with E-state index in [0.29, 0.717) is 114 Å². The second-order valence-electron chi connectivity index (χ2n) is 27.8. The molecule has 698 valence electrons. The number of aliphatic hydroxyl groups is 1. The minimum Gasteiger partial charge on any atom is -1.00 e. The topological polar surface area (TPSA) is 496 Å². The number of alkyl halides is 2. The Hall–Kier alpha value is -11.8. The Kier molecular flexibility index (Phi) is 39.9. The lowest BCUT2D eigenvalue weighted by molar-refractivity contribution is -0.842. The number of halogens is 9. The first-order valence-electron chi connectivity index (χ1n) is 38.9. The number of carbonyl (C=O) groups is 11. The molecule has 16 rings (SSSR count). The summed E-state index contributed by atoms with van der Waals surface area (Å²) < 4.78 is 35.8. The summed E-state index contributed by atoms with van der Waals surface area (Å²) in [5, 5.41) is 19.2. The van der Waals surface area contributed by atoms with Crippen molar-refractivity contribution in [1.82, 2.24) is 94.5 Å². The molecule has 8 aromatic rings. The van der Waals surface area contributed by atoms with Gasteiger partial charge in [0.2, 0.25) is 24.9 Å². The number of anilines is 4. The van der Waals surface area contributed by atoms with E-state index in [1.54, 1.807) is 83.3 Å². The number of pyridine rings is 4. The Balaban J connectivity index is 0.000000203. The van der Waals surface area contributed by atoms with Crippen molar-refractivity contribution in [3.8, 4) is 6.07 Å². The molecule has 4 saturated heterocycles. The summed E-state index contributed by atoms with van der Waals surface area (Å²) in [6, 6.07) is 14.4. The summed E-state index contributed by atoms with van der Waals surface area (Å²) >= 11 is 43.8. The minimum absolute atomic E-state index is 0. The minimum atomic E-state index is -1.15. The predicted octanol–water partition coefficient (Wildman–Crippen LogP) is 7.25. The van der Waals surface area contributed by atoms with Gasteiger partial charge in [-0.2, -0.15) is 10.1 Å². The molecule has 8 aromatic heterocycles. The van der Waals surface area contributed by atoms with E-state index in [0.717, 1.165) is 33.3 Å². The zero-order valence-electron chi connectivity index (χ0n) is 70.8. The van der Waals surface area contributed by atoms with E-state index in [2.05, 4.69) is 96.0 Å². The average molecular weight is 1990 g/mol. The molecule has 44 nitrogen and oxygen atoms in total. The number of hydrogen-bond donors (Lipinski definition) is 2. The third-order valence-corrected chi connectivity index (χ3v) is 20.5. The van der Waals surface area contributed by atoms with E-state index in [4.69, 9.17) is 115 Å². The van der Waals surface area contributed by atoms with Crippen LogP contribution in [0.25, 0.3) is 0 Å². The summed E-state index contributed by atoms with van der Waals surface area (Å²) in [7, 11) is 7.94. The van der Waals surface area contributed by atoms with Crippen molar-refractivity contribution in [2.45, 2.75) is 56.8 Å². The first-order chi connectivity index (χ1) is 62.2. The molecule has 4 unspecified atom stereocenters. The number of quaternary nitrogens is 1. The second kappa shape index (κ2) is 50.0. The maximum absolute atomic E-state index is 13.0. The molecule has 6 atom stereocenters. The Bertz CT molecular complexity index is 5180. The number of carbonyl (C=O) groups excluding carboxylic acids is 11. The van der Waals surface area contributed by atoms with Crippen LogP contribution in [0, 0.1) is 11.3 Å².